The van der Waals surface area contributed by atoms with Gasteiger partial charge in [0.05, 0.1) is 11.4 Å². The molecule has 5 nitrogen and oxygen atoms in total. The summed E-state index contributed by atoms with van der Waals surface area (Å²) in [6.07, 6.45) is 3.88. The molecule has 0 bridgehead atoms. The molecule has 1 saturated carbocycles. The average molecular weight is 350 g/mol. The largest absolute Gasteiger partial charge is 0.281 e. The number of hydrogen-bond donors (Lipinski definition) is 1. The molecule has 1 heterocycles. The van der Waals surface area contributed by atoms with Gasteiger partial charge in [0.25, 0.3) is 0 Å². The van der Waals surface area contributed by atoms with Crippen molar-refractivity contribution in [2.45, 2.75) is 50.5 Å². The van der Waals surface area contributed by atoms with Gasteiger partial charge in [-0.15, -0.1) is 0 Å². The molecule has 0 saturated heterocycles. The quantitative estimate of drug-likeness (QED) is 0.801. The SMILES string of the molecule is Cc1n[nH]c(C)c1S(=O)(=O)N(CCCBr)C1CCC1. The van der Waals surface area contributed by atoms with Crippen LogP contribution in [0.1, 0.15) is 37.1 Å². The summed E-state index contributed by atoms with van der Waals surface area (Å²) in [4.78, 5) is 0.356. The smallest absolute Gasteiger partial charge is 0.246 e. The molecule has 0 unspecified atom stereocenters. The summed E-state index contributed by atoms with van der Waals surface area (Å²) >= 11 is 3.37. The predicted octanol–water partition coefficient (Wildman–Crippen LogP) is 2.35. The summed E-state index contributed by atoms with van der Waals surface area (Å²) in [6, 6.07) is 0.165. The minimum atomic E-state index is -3.43. The van der Waals surface area contributed by atoms with Crippen molar-refractivity contribution in [2.75, 3.05) is 11.9 Å². The highest BCUT2D eigenvalue weighted by molar-refractivity contribution is 9.09. The third-order valence-electron chi connectivity index (χ3n) is 3.62. The van der Waals surface area contributed by atoms with Crippen molar-refractivity contribution in [2.24, 2.45) is 0 Å². The van der Waals surface area contributed by atoms with Gasteiger partial charge in [0, 0.05) is 17.9 Å². The lowest BCUT2D eigenvalue weighted by molar-refractivity contribution is 0.220. The number of nitrogens with zero attached hydrogens (tertiary/aromatic N) is 2. The summed E-state index contributed by atoms with van der Waals surface area (Å²) in [5.41, 5.74) is 1.18. The van der Waals surface area contributed by atoms with Gasteiger partial charge in [-0.25, -0.2) is 8.42 Å². The van der Waals surface area contributed by atoms with E-state index in [0.29, 0.717) is 22.8 Å². The second-order valence-corrected chi connectivity index (χ2v) is 7.63. The Morgan fingerprint density at radius 3 is 2.53 bits per heavy atom. The Bertz CT molecular complexity index is 518. The molecule has 108 valence electrons. The van der Waals surface area contributed by atoms with Crippen molar-refractivity contribution >= 4 is 26.0 Å². The number of alkyl halides is 1. The normalized spacial score (nSPS) is 16.8. The third-order valence-corrected chi connectivity index (χ3v) is 6.40. The van der Waals surface area contributed by atoms with Gasteiger partial charge < -0.3 is 0 Å². The molecule has 0 spiro atoms. The molecule has 1 aromatic heterocycles. The molecule has 19 heavy (non-hydrogen) atoms. The first-order valence-electron chi connectivity index (χ1n) is 6.58. The summed E-state index contributed by atoms with van der Waals surface area (Å²) in [5.74, 6) is 0. The van der Waals surface area contributed by atoms with Crippen molar-refractivity contribution in [3.63, 3.8) is 0 Å². The van der Waals surface area contributed by atoms with E-state index in [4.69, 9.17) is 0 Å². The van der Waals surface area contributed by atoms with Gasteiger partial charge in [0.2, 0.25) is 10.0 Å². The summed E-state index contributed by atoms with van der Waals surface area (Å²) < 4.78 is 27.3. The minimum Gasteiger partial charge on any atom is -0.281 e. The maximum Gasteiger partial charge on any atom is 0.246 e. The zero-order chi connectivity index (χ0) is 14.0. The van der Waals surface area contributed by atoms with Crippen LogP contribution in [0.2, 0.25) is 0 Å². The van der Waals surface area contributed by atoms with E-state index in [9.17, 15) is 8.42 Å². The Labute approximate surface area is 122 Å². The molecule has 0 aliphatic heterocycles. The first kappa shape index (κ1) is 15.0. The second-order valence-electron chi connectivity index (χ2n) is 5.01. The van der Waals surface area contributed by atoms with Crippen LogP contribution < -0.4 is 0 Å². The Balaban J connectivity index is 2.33. The van der Waals surface area contributed by atoms with E-state index >= 15 is 0 Å². The van der Waals surface area contributed by atoms with Crippen LogP contribution in [0.15, 0.2) is 4.90 Å². The maximum atomic E-state index is 12.8. The van der Waals surface area contributed by atoms with E-state index in [1.54, 1.807) is 18.2 Å². The minimum absolute atomic E-state index is 0.165. The van der Waals surface area contributed by atoms with Crippen LogP contribution in [0.5, 0.6) is 0 Å². The Kier molecular flexibility index (Phi) is 4.68. The highest BCUT2D eigenvalue weighted by atomic mass is 79.9. The van der Waals surface area contributed by atoms with Gasteiger partial charge in [-0.3, -0.25) is 5.10 Å². The van der Waals surface area contributed by atoms with Gasteiger partial charge in [-0.05, 0) is 33.1 Å². The molecule has 0 radical (unpaired) electrons. The number of halogens is 1. The molecule has 1 N–H and O–H groups in total. The highest BCUT2D eigenvalue weighted by Gasteiger charge is 2.36. The number of nitrogens with one attached hydrogen (secondary N) is 1. The number of hydrogen-bond acceptors (Lipinski definition) is 3. The van der Waals surface area contributed by atoms with Gasteiger partial charge in [-0.2, -0.15) is 9.40 Å². The lowest BCUT2D eigenvalue weighted by Crippen LogP contribution is -2.45. The fraction of sp³-hybridized carbons (Fsp3) is 0.750. The monoisotopic (exact) mass is 349 g/mol. The molecule has 0 amide bonds. The van der Waals surface area contributed by atoms with Gasteiger partial charge in [0.1, 0.15) is 4.90 Å². The van der Waals surface area contributed by atoms with Crippen molar-refractivity contribution in [3.8, 4) is 0 Å². The topological polar surface area (TPSA) is 66.1 Å². The average Bonchev–Trinajstić information content (AvgIpc) is 2.61. The predicted molar refractivity (Wildman–Crippen MR) is 78.0 cm³/mol. The number of aromatic nitrogens is 2. The number of aromatic amines is 1. The molecule has 2 rings (SSSR count). The van der Waals surface area contributed by atoms with E-state index in [-0.39, 0.29) is 6.04 Å². The van der Waals surface area contributed by atoms with Crippen LogP contribution in [-0.2, 0) is 10.0 Å². The van der Waals surface area contributed by atoms with Crippen molar-refractivity contribution in [3.05, 3.63) is 11.4 Å². The van der Waals surface area contributed by atoms with E-state index in [2.05, 4.69) is 26.1 Å². The van der Waals surface area contributed by atoms with E-state index in [1.165, 1.54) is 0 Å². The highest BCUT2D eigenvalue weighted by Crippen LogP contribution is 2.31. The Hall–Kier alpha value is -0.400. The molecule has 7 heteroatoms. The number of sulfonamides is 1. The standard InChI is InChI=1S/C12H20BrN3O2S/c1-9-12(10(2)15-14-9)19(17,18)16(8-4-7-13)11-5-3-6-11/h11H,3-8H2,1-2H3,(H,14,15). The van der Waals surface area contributed by atoms with Crippen molar-refractivity contribution in [1.29, 1.82) is 0 Å². The van der Waals surface area contributed by atoms with Crippen LogP contribution in [0.3, 0.4) is 0 Å². The fourth-order valence-electron chi connectivity index (χ4n) is 2.43. The number of H-pyrrole nitrogens is 1. The summed E-state index contributed by atoms with van der Waals surface area (Å²) in [6.45, 7) is 4.07. The van der Waals surface area contributed by atoms with Crippen molar-refractivity contribution < 1.29 is 8.42 Å². The zero-order valence-electron chi connectivity index (χ0n) is 11.3. The molecule has 1 aliphatic rings. The number of aryl methyl sites for hydroxylation is 2. The van der Waals surface area contributed by atoms with E-state index in [1.807, 2.05) is 0 Å². The molecule has 0 atom stereocenters. The van der Waals surface area contributed by atoms with E-state index < -0.39 is 10.0 Å². The van der Waals surface area contributed by atoms with Crippen LogP contribution >= 0.6 is 15.9 Å². The lowest BCUT2D eigenvalue weighted by atomic mass is 9.93. The zero-order valence-corrected chi connectivity index (χ0v) is 13.7. The first-order chi connectivity index (χ1) is 8.98. The van der Waals surface area contributed by atoms with Crippen molar-refractivity contribution in [1.82, 2.24) is 14.5 Å². The van der Waals surface area contributed by atoms with Gasteiger partial charge >= 0.3 is 0 Å². The van der Waals surface area contributed by atoms with Gasteiger partial charge in [-0.1, -0.05) is 22.4 Å². The van der Waals surface area contributed by atoms with Crippen LogP contribution in [0.4, 0.5) is 0 Å². The molecular formula is C12H20BrN3O2S. The third kappa shape index (κ3) is 2.87. The Morgan fingerprint density at radius 1 is 1.42 bits per heavy atom. The lowest BCUT2D eigenvalue weighted by Gasteiger charge is -2.36. The number of rotatable bonds is 6. The molecular weight excluding hydrogens is 330 g/mol. The first-order valence-corrected chi connectivity index (χ1v) is 9.14. The van der Waals surface area contributed by atoms with Crippen LogP contribution in [-0.4, -0.2) is 40.8 Å². The van der Waals surface area contributed by atoms with E-state index in [0.717, 1.165) is 31.0 Å². The Morgan fingerprint density at radius 2 is 2.11 bits per heavy atom. The molecule has 1 aliphatic carbocycles. The summed E-state index contributed by atoms with van der Waals surface area (Å²) in [5, 5.41) is 7.59. The molecule has 1 aromatic rings. The maximum absolute atomic E-state index is 12.8. The van der Waals surface area contributed by atoms with Crippen LogP contribution in [0, 0.1) is 13.8 Å². The van der Waals surface area contributed by atoms with Gasteiger partial charge in [0.15, 0.2) is 0 Å². The molecule has 1 fully saturated rings. The summed E-state index contributed by atoms with van der Waals surface area (Å²) in [7, 11) is -3.43. The molecule has 0 aromatic carbocycles. The van der Waals surface area contributed by atoms with Crippen LogP contribution in [0.25, 0.3) is 0 Å². The fourth-order valence-corrected chi connectivity index (χ4v) is 4.74. The second kappa shape index (κ2) is 5.93.